The molecule has 7 heteroatoms. The number of hydrogen-bond acceptors (Lipinski definition) is 3. The van der Waals surface area contributed by atoms with Gasteiger partial charge in [0.2, 0.25) is 5.78 Å². The van der Waals surface area contributed by atoms with Gasteiger partial charge in [0, 0.05) is 5.56 Å². The third kappa shape index (κ3) is 1.90. The maximum absolute atomic E-state index is 14.1. The number of halogens is 4. The molecule has 0 unspecified atom stereocenters. The van der Waals surface area contributed by atoms with Crippen LogP contribution in [0.2, 0.25) is 0 Å². The van der Waals surface area contributed by atoms with Crippen molar-refractivity contribution in [2.45, 2.75) is 19.8 Å². The molecule has 0 amide bonds. The lowest BCUT2D eigenvalue weighted by atomic mass is 9.78. The highest BCUT2D eigenvalue weighted by Gasteiger charge is 2.41. The third-order valence-electron chi connectivity index (χ3n) is 4.01. The van der Waals surface area contributed by atoms with Crippen LogP contribution in [0.15, 0.2) is 12.1 Å². The molecule has 0 bridgehead atoms. The van der Waals surface area contributed by atoms with Gasteiger partial charge in [0.05, 0.1) is 16.7 Å². The fraction of sp³-hybridized carbons (Fsp3) is 0.176. The highest BCUT2D eigenvalue weighted by atomic mass is 19.2. The van der Waals surface area contributed by atoms with Crippen molar-refractivity contribution in [1.29, 1.82) is 0 Å². The smallest absolute Gasteiger partial charge is 0.201 e. The first-order chi connectivity index (χ1) is 11.2. The van der Waals surface area contributed by atoms with Crippen molar-refractivity contribution in [3.63, 3.8) is 0 Å². The van der Waals surface area contributed by atoms with Gasteiger partial charge in [-0.25, -0.2) is 17.6 Å². The molecule has 0 heterocycles. The first-order valence-electron chi connectivity index (χ1n) is 6.99. The van der Waals surface area contributed by atoms with Crippen LogP contribution in [0, 0.1) is 23.3 Å². The Balaban J connectivity index is 2.48. The van der Waals surface area contributed by atoms with Gasteiger partial charge >= 0.3 is 0 Å². The van der Waals surface area contributed by atoms with Crippen molar-refractivity contribution in [2.24, 2.45) is 0 Å². The van der Waals surface area contributed by atoms with Crippen LogP contribution in [-0.2, 0) is 0 Å². The summed E-state index contributed by atoms with van der Waals surface area (Å²) in [7, 11) is 0. The molecule has 0 atom stereocenters. The fourth-order valence-electron chi connectivity index (χ4n) is 2.87. The molecule has 124 valence electrons. The Hall–Kier alpha value is -2.70. The first-order valence-corrected chi connectivity index (χ1v) is 6.99. The van der Waals surface area contributed by atoms with E-state index >= 15 is 0 Å². The summed E-state index contributed by atoms with van der Waals surface area (Å²) in [6.07, 6.45) is 0. The Morgan fingerprint density at radius 3 is 1.67 bits per heavy atom. The largest absolute Gasteiger partial charge is 0.507 e. The highest BCUT2D eigenvalue weighted by molar-refractivity contribution is 6.30. The third-order valence-corrected chi connectivity index (χ3v) is 4.01. The molecule has 0 saturated heterocycles. The number of hydrogen-bond donors (Lipinski definition) is 1. The Morgan fingerprint density at radius 2 is 1.21 bits per heavy atom. The number of carbonyl (C=O) groups excluding carboxylic acids is 2. The molecule has 1 aliphatic carbocycles. The molecule has 3 rings (SSSR count). The topological polar surface area (TPSA) is 54.4 Å². The second-order valence-electron chi connectivity index (χ2n) is 5.74. The van der Waals surface area contributed by atoms with Crippen molar-refractivity contribution in [3.8, 4) is 5.75 Å². The van der Waals surface area contributed by atoms with E-state index in [1.807, 2.05) is 0 Å². The number of phenolic OH excluding ortho intramolecular Hbond substituents is 1. The monoisotopic (exact) mass is 338 g/mol. The van der Waals surface area contributed by atoms with Crippen LogP contribution in [-0.4, -0.2) is 16.7 Å². The molecule has 0 aromatic heterocycles. The highest BCUT2D eigenvalue weighted by Crippen LogP contribution is 2.39. The summed E-state index contributed by atoms with van der Waals surface area (Å²) in [5.74, 6) is -11.6. The van der Waals surface area contributed by atoms with Gasteiger partial charge in [0.15, 0.2) is 29.1 Å². The molecule has 24 heavy (non-hydrogen) atoms. The fourth-order valence-corrected chi connectivity index (χ4v) is 2.87. The molecule has 0 fully saturated rings. The van der Waals surface area contributed by atoms with Crippen molar-refractivity contribution in [3.05, 3.63) is 63.2 Å². The number of fused-ring (bicyclic) bond motifs is 2. The molecule has 3 nitrogen and oxygen atoms in total. The van der Waals surface area contributed by atoms with E-state index in [2.05, 4.69) is 0 Å². The quantitative estimate of drug-likeness (QED) is 0.417. The molecule has 0 spiro atoms. The Bertz CT molecular complexity index is 932. The second kappa shape index (κ2) is 5.15. The van der Waals surface area contributed by atoms with Gasteiger partial charge in [0.25, 0.3) is 0 Å². The lowest BCUT2D eigenvalue weighted by Crippen LogP contribution is -2.27. The van der Waals surface area contributed by atoms with Crippen LogP contribution in [0.1, 0.15) is 57.2 Å². The van der Waals surface area contributed by atoms with Crippen LogP contribution in [0.25, 0.3) is 0 Å². The van der Waals surface area contributed by atoms with Crippen LogP contribution in [0.5, 0.6) is 5.75 Å². The lowest BCUT2D eigenvalue weighted by Gasteiger charge is -2.23. The number of rotatable bonds is 1. The summed E-state index contributed by atoms with van der Waals surface area (Å²) in [6.45, 7) is 3.37. The van der Waals surface area contributed by atoms with E-state index in [9.17, 15) is 32.3 Å². The van der Waals surface area contributed by atoms with Crippen molar-refractivity contribution >= 4 is 11.6 Å². The zero-order valence-corrected chi connectivity index (χ0v) is 12.5. The number of phenols is 1. The predicted molar refractivity (Wildman–Crippen MR) is 75.3 cm³/mol. The van der Waals surface area contributed by atoms with Crippen LogP contribution < -0.4 is 0 Å². The standard InChI is InChI=1S/C17H10F4O3/c1-5(2)6-3-4-7(22)9-8(6)16(23)10-11(17(9)24)13(19)15(21)14(20)12(10)18/h3-5,22H,1-2H3. The van der Waals surface area contributed by atoms with Crippen LogP contribution in [0.4, 0.5) is 17.6 Å². The summed E-state index contributed by atoms with van der Waals surface area (Å²) >= 11 is 0. The normalized spacial score (nSPS) is 13.3. The molecule has 0 aliphatic heterocycles. The molecular weight excluding hydrogens is 328 g/mol. The van der Waals surface area contributed by atoms with Gasteiger partial charge in [-0.3, -0.25) is 9.59 Å². The van der Waals surface area contributed by atoms with Gasteiger partial charge in [-0.2, -0.15) is 0 Å². The van der Waals surface area contributed by atoms with Crippen molar-refractivity contribution in [1.82, 2.24) is 0 Å². The van der Waals surface area contributed by atoms with Gasteiger partial charge in [-0.05, 0) is 17.5 Å². The Morgan fingerprint density at radius 1 is 0.750 bits per heavy atom. The summed E-state index contributed by atoms with van der Waals surface area (Å²) in [5, 5.41) is 9.90. The minimum Gasteiger partial charge on any atom is -0.507 e. The van der Waals surface area contributed by atoms with Crippen molar-refractivity contribution in [2.75, 3.05) is 0 Å². The average molecular weight is 338 g/mol. The molecule has 1 aliphatic rings. The first kappa shape index (κ1) is 16.2. The predicted octanol–water partition coefficient (Wildman–Crippen LogP) is 3.85. The van der Waals surface area contributed by atoms with E-state index < -0.39 is 57.3 Å². The van der Waals surface area contributed by atoms with Gasteiger partial charge < -0.3 is 5.11 Å². The van der Waals surface area contributed by atoms with Gasteiger partial charge in [0.1, 0.15) is 5.75 Å². The summed E-state index contributed by atoms with van der Waals surface area (Å²) in [6, 6.07) is 2.50. The van der Waals surface area contributed by atoms with E-state index in [0.29, 0.717) is 5.56 Å². The number of ketones is 2. The zero-order chi connectivity index (χ0) is 17.9. The maximum Gasteiger partial charge on any atom is 0.201 e. The average Bonchev–Trinajstić information content (AvgIpc) is 2.53. The van der Waals surface area contributed by atoms with E-state index in [0.717, 1.165) is 6.07 Å². The van der Waals surface area contributed by atoms with E-state index in [1.54, 1.807) is 13.8 Å². The van der Waals surface area contributed by atoms with Gasteiger partial charge in [-0.15, -0.1) is 0 Å². The molecule has 2 aromatic carbocycles. The van der Waals surface area contributed by atoms with E-state index in [4.69, 9.17) is 0 Å². The molecule has 0 saturated carbocycles. The van der Waals surface area contributed by atoms with Crippen LogP contribution >= 0.6 is 0 Å². The molecule has 0 radical (unpaired) electrons. The Labute approximate surface area is 133 Å². The minimum absolute atomic E-state index is 0.296. The summed E-state index contributed by atoms with van der Waals surface area (Å²) in [4.78, 5) is 25.1. The number of carbonyl (C=O) groups is 2. The number of benzene rings is 2. The van der Waals surface area contributed by atoms with E-state index in [-0.39, 0.29) is 11.5 Å². The zero-order valence-electron chi connectivity index (χ0n) is 12.5. The second-order valence-corrected chi connectivity index (χ2v) is 5.74. The number of aromatic hydroxyl groups is 1. The van der Waals surface area contributed by atoms with Gasteiger partial charge in [-0.1, -0.05) is 19.9 Å². The SMILES string of the molecule is CC(C)c1ccc(O)c2c1C(=O)c1c(F)c(F)c(F)c(F)c1C2=O. The Kier molecular flexibility index (Phi) is 3.47. The summed E-state index contributed by atoms with van der Waals surface area (Å²) in [5.41, 5.74) is -2.93. The molecule has 1 N–H and O–H groups in total. The van der Waals surface area contributed by atoms with Crippen molar-refractivity contribution < 1.29 is 32.3 Å². The lowest BCUT2D eigenvalue weighted by molar-refractivity contribution is 0.0966. The molecular formula is C17H10F4O3. The maximum atomic E-state index is 14.1. The minimum atomic E-state index is -2.18. The van der Waals surface area contributed by atoms with Crippen LogP contribution in [0.3, 0.4) is 0 Å². The molecule has 2 aromatic rings. The van der Waals surface area contributed by atoms with E-state index in [1.165, 1.54) is 6.07 Å². The summed E-state index contributed by atoms with van der Waals surface area (Å²) < 4.78 is 55.0.